The van der Waals surface area contributed by atoms with Crippen molar-refractivity contribution in [2.24, 2.45) is 0 Å². The van der Waals surface area contributed by atoms with Crippen LogP contribution in [0.5, 0.6) is 0 Å². The van der Waals surface area contributed by atoms with Gasteiger partial charge < -0.3 is 14.6 Å². The lowest BCUT2D eigenvalue weighted by Crippen LogP contribution is -2.19. The zero-order valence-corrected chi connectivity index (χ0v) is 8.15. The third kappa shape index (κ3) is 2.35. The van der Waals surface area contributed by atoms with Crippen LogP contribution in [0.2, 0.25) is 0 Å². The highest BCUT2D eigenvalue weighted by molar-refractivity contribution is 6.17. The molecular weight excluding hydrogens is 208 g/mol. The first-order valence-electron chi connectivity index (χ1n) is 4.15. The van der Waals surface area contributed by atoms with Gasteiger partial charge in [-0.05, 0) is 12.5 Å². The van der Waals surface area contributed by atoms with Crippen molar-refractivity contribution < 1.29 is 19.4 Å². The summed E-state index contributed by atoms with van der Waals surface area (Å²) < 4.78 is 4.79. The van der Waals surface area contributed by atoms with Crippen LogP contribution in [0.3, 0.4) is 0 Å². The van der Waals surface area contributed by atoms with E-state index >= 15 is 0 Å². The summed E-state index contributed by atoms with van der Waals surface area (Å²) in [6, 6.07) is 1.45. The molecule has 2 N–H and O–H groups in total. The van der Waals surface area contributed by atoms with Gasteiger partial charge in [-0.2, -0.15) is 0 Å². The summed E-state index contributed by atoms with van der Waals surface area (Å²) in [6.07, 6.45) is -0.0788. The van der Waals surface area contributed by atoms with Gasteiger partial charge in [0.2, 0.25) is 0 Å². The standard InChI is InChI=1S/C9H11ClO4/c10-3-1-7(12)9(13)6-2-4-14-8(6)5-11/h2,4-5,7,9,12-13H,1,3H2. The fourth-order valence-electron chi connectivity index (χ4n) is 1.15. The van der Waals surface area contributed by atoms with E-state index in [1.165, 1.54) is 12.3 Å². The molecule has 0 spiro atoms. The minimum absolute atomic E-state index is 0.0334. The summed E-state index contributed by atoms with van der Waals surface area (Å²) >= 11 is 5.41. The van der Waals surface area contributed by atoms with E-state index < -0.39 is 12.2 Å². The van der Waals surface area contributed by atoms with Crippen LogP contribution in [0.1, 0.15) is 28.6 Å². The highest BCUT2D eigenvalue weighted by Crippen LogP contribution is 2.22. The summed E-state index contributed by atoms with van der Waals surface area (Å²) in [5.74, 6) is 0.276. The summed E-state index contributed by atoms with van der Waals surface area (Å²) in [7, 11) is 0. The van der Waals surface area contributed by atoms with Gasteiger partial charge in [0.05, 0.1) is 12.4 Å². The van der Waals surface area contributed by atoms with Crippen molar-refractivity contribution in [3.8, 4) is 0 Å². The quantitative estimate of drug-likeness (QED) is 0.574. The van der Waals surface area contributed by atoms with E-state index in [0.717, 1.165) is 0 Å². The number of alkyl halides is 1. The Kier molecular flexibility index (Phi) is 4.13. The number of aliphatic hydroxyl groups excluding tert-OH is 2. The topological polar surface area (TPSA) is 70.7 Å². The highest BCUT2D eigenvalue weighted by Gasteiger charge is 2.22. The van der Waals surface area contributed by atoms with Crippen molar-refractivity contribution in [1.29, 1.82) is 0 Å². The number of carbonyl (C=O) groups excluding carboxylic acids is 1. The Labute approximate surface area is 86.1 Å². The molecule has 0 aliphatic rings. The van der Waals surface area contributed by atoms with Gasteiger partial charge >= 0.3 is 0 Å². The van der Waals surface area contributed by atoms with Crippen LogP contribution in [0.4, 0.5) is 0 Å². The van der Waals surface area contributed by atoms with Crippen LogP contribution < -0.4 is 0 Å². The van der Waals surface area contributed by atoms with Crippen molar-refractivity contribution in [2.45, 2.75) is 18.6 Å². The molecule has 2 atom stereocenters. The fraction of sp³-hybridized carbons (Fsp3) is 0.444. The molecule has 1 aromatic heterocycles. The number of aliphatic hydroxyl groups is 2. The lowest BCUT2D eigenvalue weighted by molar-refractivity contribution is 0.0162. The van der Waals surface area contributed by atoms with Crippen molar-refractivity contribution in [1.82, 2.24) is 0 Å². The SMILES string of the molecule is O=Cc1occc1C(O)C(O)CCCl. The van der Waals surface area contributed by atoms with Crippen molar-refractivity contribution in [3.05, 3.63) is 23.7 Å². The van der Waals surface area contributed by atoms with Crippen LogP contribution >= 0.6 is 11.6 Å². The Morgan fingerprint density at radius 1 is 1.57 bits per heavy atom. The van der Waals surface area contributed by atoms with Crippen molar-refractivity contribution in [3.63, 3.8) is 0 Å². The molecule has 5 heteroatoms. The van der Waals surface area contributed by atoms with E-state index in [1.54, 1.807) is 0 Å². The minimum Gasteiger partial charge on any atom is -0.461 e. The fourth-order valence-corrected chi connectivity index (χ4v) is 1.37. The third-order valence-electron chi connectivity index (χ3n) is 1.92. The smallest absolute Gasteiger partial charge is 0.185 e. The molecule has 0 radical (unpaired) electrons. The molecule has 14 heavy (non-hydrogen) atoms. The second kappa shape index (κ2) is 5.14. The molecule has 0 fully saturated rings. The van der Waals surface area contributed by atoms with Gasteiger partial charge in [-0.25, -0.2) is 0 Å². The van der Waals surface area contributed by atoms with Crippen molar-refractivity contribution >= 4 is 17.9 Å². The molecule has 2 unspecified atom stereocenters. The first-order valence-corrected chi connectivity index (χ1v) is 4.68. The molecule has 0 aliphatic carbocycles. The lowest BCUT2D eigenvalue weighted by Gasteiger charge is -2.15. The van der Waals surface area contributed by atoms with Crippen LogP contribution in [-0.2, 0) is 0 Å². The molecule has 1 rings (SSSR count). The molecule has 0 aliphatic heterocycles. The van der Waals surface area contributed by atoms with Gasteiger partial charge in [-0.15, -0.1) is 11.6 Å². The van der Waals surface area contributed by atoms with Gasteiger partial charge in [0.25, 0.3) is 0 Å². The molecule has 1 aromatic rings. The largest absolute Gasteiger partial charge is 0.461 e. The maximum atomic E-state index is 10.5. The molecule has 0 saturated carbocycles. The summed E-state index contributed by atoms with van der Waals surface area (Å²) in [6.45, 7) is 0. The monoisotopic (exact) mass is 218 g/mol. The van der Waals surface area contributed by atoms with Gasteiger partial charge in [0.15, 0.2) is 12.0 Å². The zero-order chi connectivity index (χ0) is 10.6. The zero-order valence-electron chi connectivity index (χ0n) is 7.39. The lowest BCUT2D eigenvalue weighted by atomic mass is 10.0. The number of carbonyl (C=O) groups is 1. The van der Waals surface area contributed by atoms with E-state index in [4.69, 9.17) is 16.0 Å². The number of hydrogen-bond acceptors (Lipinski definition) is 4. The molecule has 78 valence electrons. The van der Waals surface area contributed by atoms with Crippen LogP contribution in [-0.4, -0.2) is 28.5 Å². The van der Waals surface area contributed by atoms with Gasteiger partial charge in [0, 0.05) is 11.4 Å². The molecule has 0 aromatic carbocycles. The Morgan fingerprint density at radius 2 is 2.29 bits per heavy atom. The normalized spacial score (nSPS) is 15.1. The second-order valence-electron chi connectivity index (χ2n) is 2.85. The predicted molar refractivity (Wildman–Crippen MR) is 50.4 cm³/mol. The maximum absolute atomic E-state index is 10.5. The first-order chi connectivity index (χ1) is 6.70. The second-order valence-corrected chi connectivity index (χ2v) is 3.23. The average molecular weight is 219 g/mol. The molecule has 4 nitrogen and oxygen atoms in total. The van der Waals surface area contributed by atoms with Crippen LogP contribution in [0.15, 0.2) is 16.7 Å². The number of hydrogen-bond donors (Lipinski definition) is 2. The predicted octanol–water partition coefficient (Wildman–Crippen LogP) is 1.12. The van der Waals surface area contributed by atoms with E-state index in [-0.39, 0.29) is 23.6 Å². The Hall–Kier alpha value is -0.840. The average Bonchev–Trinajstić information content (AvgIpc) is 2.64. The van der Waals surface area contributed by atoms with E-state index in [9.17, 15) is 15.0 Å². The van der Waals surface area contributed by atoms with Gasteiger partial charge in [-0.3, -0.25) is 4.79 Å². The maximum Gasteiger partial charge on any atom is 0.185 e. The van der Waals surface area contributed by atoms with E-state index in [2.05, 4.69) is 0 Å². The Balaban J connectivity index is 2.77. The van der Waals surface area contributed by atoms with Gasteiger partial charge in [0.1, 0.15) is 6.10 Å². The summed E-state index contributed by atoms with van der Waals surface area (Å²) in [5, 5.41) is 19.0. The van der Waals surface area contributed by atoms with E-state index in [1.807, 2.05) is 0 Å². The summed E-state index contributed by atoms with van der Waals surface area (Å²) in [4.78, 5) is 10.5. The first kappa shape index (κ1) is 11.2. The molecular formula is C9H11ClO4. The number of furan rings is 1. The van der Waals surface area contributed by atoms with Crippen molar-refractivity contribution in [2.75, 3.05) is 5.88 Å². The Bertz CT molecular complexity index is 297. The highest BCUT2D eigenvalue weighted by atomic mass is 35.5. The molecule has 1 heterocycles. The number of halogens is 1. The number of rotatable bonds is 5. The minimum atomic E-state index is -1.13. The van der Waals surface area contributed by atoms with E-state index in [0.29, 0.717) is 6.29 Å². The Morgan fingerprint density at radius 3 is 2.86 bits per heavy atom. The molecule has 0 bridgehead atoms. The third-order valence-corrected chi connectivity index (χ3v) is 2.14. The molecule has 0 saturated heterocycles. The van der Waals surface area contributed by atoms with Gasteiger partial charge in [-0.1, -0.05) is 0 Å². The van der Waals surface area contributed by atoms with Crippen LogP contribution in [0, 0.1) is 0 Å². The number of aldehydes is 1. The molecule has 0 amide bonds. The van der Waals surface area contributed by atoms with Crippen LogP contribution in [0.25, 0.3) is 0 Å². The summed E-state index contributed by atoms with van der Waals surface area (Å²) in [5.41, 5.74) is 0.289.